The molecule has 1 atom stereocenters. The van der Waals surface area contributed by atoms with Crippen LogP contribution < -0.4 is 0 Å². The largest absolute Gasteiger partial charge is 0.377 e. The van der Waals surface area contributed by atoms with Gasteiger partial charge in [-0.2, -0.15) is 11.1 Å². The van der Waals surface area contributed by atoms with Gasteiger partial charge in [0.1, 0.15) is 0 Å². The van der Waals surface area contributed by atoms with E-state index in [-0.39, 0.29) is 5.22 Å². The van der Waals surface area contributed by atoms with Crippen molar-refractivity contribution in [1.29, 1.82) is 0 Å². The molecule has 0 amide bonds. The van der Waals surface area contributed by atoms with E-state index in [1.165, 1.54) is 12.8 Å². The summed E-state index contributed by atoms with van der Waals surface area (Å²) >= 11 is 5.98. The highest BCUT2D eigenvalue weighted by Gasteiger charge is 2.31. The minimum Gasteiger partial charge on any atom is -0.377 e. The van der Waals surface area contributed by atoms with Gasteiger partial charge in [-0.3, -0.25) is 0 Å². The summed E-state index contributed by atoms with van der Waals surface area (Å²) in [5.41, 5.74) is 0. The molecule has 0 aliphatic carbocycles. The van der Waals surface area contributed by atoms with Crippen LogP contribution in [0.3, 0.4) is 0 Å². The van der Waals surface area contributed by atoms with Crippen LogP contribution in [0.1, 0.15) is 25.7 Å². The Kier molecular flexibility index (Phi) is 3.62. The molecule has 3 heteroatoms. The van der Waals surface area contributed by atoms with Gasteiger partial charge in [-0.1, -0.05) is 6.08 Å². The van der Waals surface area contributed by atoms with Crippen molar-refractivity contribution in [1.82, 2.24) is 0 Å². The van der Waals surface area contributed by atoms with Gasteiger partial charge in [0.25, 0.3) is 0 Å². The van der Waals surface area contributed by atoms with Crippen LogP contribution in [-0.2, 0) is 4.74 Å². The maximum absolute atomic E-state index is 5.98. The summed E-state index contributed by atoms with van der Waals surface area (Å²) in [5.74, 6) is 0. The quantitative estimate of drug-likeness (QED) is 0.375. The molecule has 0 aromatic rings. The Morgan fingerprint density at radius 1 is 1.64 bits per heavy atom. The third-order valence-corrected chi connectivity index (χ3v) is 4.99. The van der Waals surface area contributed by atoms with E-state index >= 15 is 0 Å². The summed E-state index contributed by atoms with van der Waals surface area (Å²) in [6.45, 7) is 4.63. The summed E-state index contributed by atoms with van der Waals surface area (Å²) in [5, 5.41) is 0.0571. The Hall–Kier alpha value is 0.207. The van der Waals surface area contributed by atoms with E-state index in [0.717, 1.165) is 19.4 Å². The molecular formula is C8H15ClOSi. The molecule has 1 heterocycles. The van der Waals surface area contributed by atoms with Crippen molar-refractivity contribution in [2.45, 2.75) is 30.9 Å². The highest BCUT2D eigenvalue weighted by Crippen LogP contribution is 2.28. The highest BCUT2D eigenvalue weighted by atomic mass is 35.6. The normalized spacial score (nSPS) is 32.8. The number of halogens is 1. The molecule has 1 saturated heterocycles. The molecule has 1 unspecified atom stereocenters. The lowest BCUT2D eigenvalue weighted by Gasteiger charge is -2.34. The van der Waals surface area contributed by atoms with Crippen molar-refractivity contribution >= 4 is 19.9 Å². The van der Waals surface area contributed by atoms with Gasteiger partial charge in [0.05, 0.1) is 5.22 Å². The fraction of sp³-hybridized carbons (Fsp3) is 0.750. The summed E-state index contributed by atoms with van der Waals surface area (Å²) in [6, 6.07) is 0. The second-order valence-electron chi connectivity index (χ2n) is 3.12. The first-order valence-corrected chi connectivity index (χ1v) is 6.98. The van der Waals surface area contributed by atoms with Crippen LogP contribution in [0.2, 0.25) is 0 Å². The van der Waals surface area contributed by atoms with E-state index < -0.39 is 8.83 Å². The van der Waals surface area contributed by atoms with Crippen LogP contribution in [0.5, 0.6) is 0 Å². The Morgan fingerprint density at radius 2 is 2.45 bits per heavy atom. The molecule has 0 spiro atoms. The van der Waals surface area contributed by atoms with Crippen LogP contribution in [0, 0.1) is 0 Å². The molecule has 0 aromatic heterocycles. The zero-order chi connectivity index (χ0) is 8.16. The topological polar surface area (TPSA) is 9.23 Å². The molecule has 0 aromatic carbocycles. The molecule has 0 N–H and O–H groups in total. The molecule has 0 radical (unpaired) electrons. The van der Waals surface area contributed by atoms with Crippen LogP contribution in [0.4, 0.5) is 0 Å². The lowest BCUT2D eigenvalue weighted by Crippen LogP contribution is -2.39. The van der Waals surface area contributed by atoms with Gasteiger partial charge in [-0.25, -0.2) is 0 Å². The predicted octanol–water partition coefficient (Wildman–Crippen LogP) is 1.78. The Balaban J connectivity index is 2.49. The zero-order valence-corrected chi connectivity index (χ0v) is 8.98. The molecule has 1 fully saturated rings. The van der Waals surface area contributed by atoms with E-state index in [9.17, 15) is 0 Å². The van der Waals surface area contributed by atoms with E-state index in [2.05, 4.69) is 6.58 Å². The molecule has 1 aliphatic heterocycles. The lowest BCUT2D eigenvalue weighted by molar-refractivity contribution is -0.0161. The van der Waals surface area contributed by atoms with Gasteiger partial charge in [0.2, 0.25) is 0 Å². The highest BCUT2D eigenvalue weighted by molar-refractivity contribution is 6.95. The van der Waals surface area contributed by atoms with Crippen molar-refractivity contribution in [3.63, 3.8) is 0 Å². The minimum absolute atomic E-state index is 0.0571. The van der Waals surface area contributed by atoms with E-state index in [0.29, 0.717) is 0 Å². The Labute approximate surface area is 75.3 Å². The smallest absolute Gasteiger partial charge is 0.160 e. The first-order valence-electron chi connectivity index (χ1n) is 4.14. The van der Waals surface area contributed by atoms with E-state index in [1.54, 1.807) is 0 Å². The van der Waals surface area contributed by atoms with Gasteiger partial charge in [0, 0.05) is 6.61 Å². The van der Waals surface area contributed by atoms with E-state index in [4.69, 9.17) is 15.8 Å². The van der Waals surface area contributed by atoms with Crippen LogP contribution >= 0.6 is 11.1 Å². The summed E-state index contributed by atoms with van der Waals surface area (Å²) in [6.07, 6.45) is 6.50. The first kappa shape index (κ1) is 9.30. The van der Waals surface area contributed by atoms with Gasteiger partial charge in [0.15, 0.2) is 8.83 Å². The summed E-state index contributed by atoms with van der Waals surface area (Å²) < 4.78 is 5.71. The average molecular weight is 191 g/mol. The number of ether oxygens (including phenoxy) is 1. The van der Waals surface area contributed by atoms with Gasteiger partial charge in [-0.15, -0.1) is 6.58 Å². The summed E-state index contributed by atoms with van der Waals surface area (Å²) in [7, 11) is -0.571. The second kappa shape index (κ2) is 4.29. The van der Waals surface area contributed by atoms with Crippen LogP contribution in [0.15, 0.2) is 12.7 Å². The zero-order valence-electron chi connectivity index (χ0n) is 6.81. The molecule has 1 nitrogen and oxygen atoms in total. The maximum atomic E-state index is 5.98. The van der Waals surface area contributed by atoms with Crippen molar-refractivity contribution in [2.24, 2.45) is 0 Å². The van der Waals surface area contributed by atoms with Crippen molar-refractivity contribution in [2.75, 3.05) is 6.61 Å². The molecular weight excluding hydrogens is 176 g/mol. The second-order valence-corrected chi connectivity index (χ2v) is 5.47. The van der Waals surface area contributed by atoms with Crippen molar-refractivity contribution in [3.05, 3.63) is 12.7 Å². The number of hydrogen-bond acceptors (Lipinski definition) is 1. The monoisotopic (exact) mass is 190 g/mol. The minimum atomic E-state index is -0.571. The fourth-order valence-electron chi connectivity index (χ4n) is 1.49. The van der Waals surface area contributed by atoms with Crippen LogP contribution in [-0.4, -0.2) is 20.7 Å². The average Bonchev–Trinajstić information content (AvgIpc) is 2.07. The molecule has 0 saturated carbocycles. The molecule has 0 bridgehead atoms. The van der Waals surface area contributed by atoms with Gasteiger partial charge in [-0.05, 0) is 25.7 Å². The van der Waals surface area contributed by atoms with Crippen molar-refractivity contribution in [3.8, 4) is 0 Å². The Morgan fingerprint density at radius 3 is 2.91 bits per heavy atom. The standard InChI is InChI=1S/C8H15ClOSi/c1-2-5-8(11-9)6-3-4-7-10-8/h2H,1,3-7,11H2. The van der Waals surface area contributed by atoms with Gasteiger partial charge >= 0.3 is 0 Å². The van der Waals surface area contributed by atoms with Crippen molar-refractivity contribution < 1.29 is 4.74 Å². The third kappa shape index (κ3) is 2.32. The molecule has 11 heavy (non-hydrogen) atoms. The maximum Gasteiger partial charge on any atom is 0.160 e. The lowest BCUT2D eigenvalue weighted by atomic mass is 10.1. The summed E-state index contributed by atoms with van der Waals surface area (Å²) in [4.78, 5) is 0. The number of rotatable bonds is 3. The first-order chi connectivity index (χ1) is 5.33. The molecule has 1 rings (SSSR count). The SMILES string of the molecule is C=CCC1([SiH2]Cl)CCCCO1. The Bertz CT molecular complexity index is 132. The predicted molar refractivity (Wildman–Crippen MR) is 51.7 cm³/mol. The number of hydrogen-bond donors (Lipinski definition) is 0. The van der Waals surface area contributed by atoms with E-state index in [1.807, 2.05) is 6.08 Å². The molecule has 1 aliphatic rings. The fourth-order valence-corrected chi connectivity index (χ4v) is 3.37. The molecule has 64 valence electrons. The third-order valence-electron chi connectivity index (χ3n) is 2.19. The van der Waals surface area contributed by atoms with Gasteiger partial charge < -0.3 is 4.74 Å². The van der Waals surface area contributed by atoms with Crippen LogP contribution in [0.25, 0.3) is 0 Å².